The predicted octanol–water partition coefficient (Wildman–Crippen LogP) is 3.05. The Morgan fingerprint density at radius 1 is 1.38 bits per heavy atom. The minimum Gasteiger partial charge on any atom is -0.328 e. The lowest BCUT2D eigenvalue weighted by atomic mass is 9.95. The van der Waals surface area contributed by atoms with Crippen molar-refractivity contribution in [1.82, 2.24) is 0 Å². The van der Waals surface area contributed by atoms with Crippen molar-refractivity contribution in [2.75, 3.05) is 0 Å². The quantitative estimate of drug-likeness (QED) is 0.623. The van der Waals surface area contributed by atoms with E-state index in [4.69, 9.17) is 5.73 Å². The zero-order valence-electron chi connectivity index (χ0n) is 8.79. The third-order valence-corrected chi connectivity index (χ3v) is 1.95. The lowest BCUT2D eigenvalue weighted by Crippen LogP contribution is -2.18. The van der Waals surface area contributed by atoms with Gasteiger partial charge in [0, 0.05) is 6.04 Å². The van der Waals surface area contributed by atoms with Crippen LogP contribution in [0.1, 0.15) is 26.7 Å². The minimum atomic E-state index is 0.282. The maximum atomic E-state index is 5.72. The van der Waals surface area contributed by atoms with E-state index in [9.17, 15) is 0 Å². The number of hydrogen-bond donors (Lipinski definition) is 1. The van der Waals surface area contributed by atoms with Crippen molar-refractivity contribution in [2.45, 2.75) is 32.7 Å². The van der Waals surface area contributed by atoms with Crippen molar-refractivity contribution in [3.63, 3.8) is 0 Å². The zero-order chi connectivity index (χ0) is 10.3. The van der Waals surface area contributed by atoms with Crippen LogP contribution in [0, 0.1) is 5.92 Å². The molecule has 0 aliphatic carbocycles. The highest BCUT2D eigenvalue weighted by molar-refractivity contribution is 5.21. The average Bonchev–Trinajstić information content (AvgIpc) is 2.02. The van der Waals surface area contributed by atoms with Gasteiger partial charge in [-0.05, 0) is 31.3 Å². The fourth-order valence-corrected chi connectivity index (χ4v) is 1.49. The zero-order valence-corrected chi connectivity index (χ0v) is 8.79. The number of hydrogen-bond acceptors (Lipinski definition) is 1. The van der Waals surface area contributed by atoms with E-state index in [0.717, 1.165) is 12.8 Å². The third-order valence-electron chi connectivity index (χ3n) is 1.95. The summed E-state index contributed by atoms with van der Waals surface area (Å²) in [6.45, 7) is 11.7. The van der Waals surface area contributed by atoms with Crippen LogP contribution in [0.3, 0.4) is 0 Å². The molecule has 0 aromatic carbocycles. The fourth-order valence-electron chi connectivity index (χ4n) is 1.49. The minimum absolute atomic E-state index is 0.282. The molecule has 0 bridgehead atoms. The summed E-state index contributed by atoms with van der Waals surface area (Å²) >= 11 is 0. The molecule has 0 saturated carbocycles. The Morgan fingerprint density at radius 2 is 2.00 bits per heavy atom. The van der Waals surface area contributed by atoms with Gasteiger partial charge in [0.1, 0.15) is 0 Å². The summed E-state index contributed by atoms with van der Waals surface area (Å²) in [5, 5.41) is 0. The summed E-state index contributed by atoms with van der Waals surface area (Å²) in [7, 11) is 0. The largest absolute Gasteiger partial charge is 0.328 e. The maximum Gasteiger partial charge on any atom is 0.00131 e. The van der Waals surface area contributed by atoms with E-state index in [0.29, 0.717) is 5.92 Å². The molecule has 0 rings (SSSR count). The van der Waals surface area contributed by atoms with Gasteiger partial charge in [-0.2, -0.15) is 0 Å². The van der Waals surface area contributed by atoms with E-state index in [-0.39, 0.29) is 6.04 Å². The van der Waals surface area contributed by atoms with Crippen LogP contribution < -0.4 is 5.73 Å². The Kier molecular flexibility index (Phi) is 6.25. The second-order valence-electron chi connectivity index (χ2n) is 3.70. The van der Waals surface area contributed by atoms with Crippen molar-refractivity contribution in [3.05, 3.63) is 37.0 Å². The maximum absolute atomic E-state index is 5.72. The number of nitrogens with two attached hydrogens (primary N) is 1. The van der Waals surface area contributed by atoms with Gasteiger partial charge < -0.3 is 5.73 Å². The first kappa shape index (κ1) is 12.2. The molecule has 0 aliphatic heterocycles. The lowest BCUT2D eigenvalue weighted by molar-refractivity contribution is 0.481. The van der Waals surface area contributed by atoms with E-state index in [1.165, 1.54) is 5.57 Å². The summed E-state index contributed by atoms with van der Waals surface area (Å²) in [4.78, 5) is 0. The Labute approximate surface area is 82.0 Å². The first-order valence-corrected chi connectivity index (χ1v) is 4.79. The number of rotatable bonds is 6. The normalized spacial score (nSPS) is 16.4. The lowest BCUT2D eigenvalue weighted by Gasteiger charge is -2.13. The molecular formula is C12H21N. The van der Waals surface area contributed by atoms with Crippen LogP contribution in [0.25, 0.3) is 0 Å². The van der Waals surface area contributed by atoms with Crippen LogP contribution in [0.5, 0.6) is 0 Å². The molecule has 0 radical (unpaired) electrons. The second kappa shape index (κ2) is 6.67. The van der Waals surface area contributed by atoms with Gasteiger partial charge in [0.25, 0.3) is 0 Å². The molecule has 0 aromatic heterocycles. The Bertz CT molecular complexity index is 189. The highest BCUT2D eigenvalue weighted by atomic mass is 14.6. The van der Waals surface area contributed by atoms with Gasteiger partial charge in [0.05, 0.1) is 0 Å². The molecule has 2 atom stereocenters. The summed E-state index contributed by atoms with van der Waals surface area (Å²) in [6.07, 6.45) is 7.79. The molecular weight excluding hydrogens is 158 g/mol. The van der Waals surface area contributed by atoms with Gasteiger partial charge in [-0.25, -0.2) is 0 Å². The summed E-state index contributed by atoms with van der Waals surface area (Å²) in [5.74, 6) is 0.615. The molecule has 0 heterocycles. The van der Waals surface area contributed by atoms with Crippen LogP contribution >= 0.6 is 0 Å². The van der Waals surface area contributed by atoms with Crippen molar-refractivity contribution >= 4 is 0 Å². The molecule has 0 aliphatic rings. The van der Waals surface area contributed by atoms with Crippen molar-refractivity contribution < 1.29 is 0 Å². The summed E-state index contributed by atoms with van der Waals surface area (Å²) in [5.41, 5.74) is 6.96. The monoisotopic (exact) mass is 179 g/mol. The predicted molar refractivity (Wildman–Crippen MR) is 60.5 cm³/mol. The van der Waals surface area contributed by atoms with Crippen LogP contribution in [0.15, 0.2) is 37.0 Å². The van der Waals surface area contributed by atoms with E-state index >= 15 is 0 Å². The van der Waals surface area contributed by atoms with Gasteiger partial charge in [-0.1, -0.05) is 38.3 Å². The highest BCUT2D eigenvalue weighted by Crippen LogP contribution is 2.16. The first-order chi connectivity index (χ1) is 6.10. The first-order valence-electron chi connectivity index (χ1n) is 4.79. The molecule has 0 fully saturated rings. The molecule has 0 aromatic rings. The van der Waals surface area contributed by atoms with Crippen LogP contribution in [-0.2, 0) is 0 Å². The van der Waals surface area contributed by atoms with Crippen molar-refractivity contribution in [2.24, 2.45) is 11.7 Å². The van der Waals surface area contributed by atoms with Gasteiger partial charge in [0.15, 0.2) is 0 Å². The van der Waals surface area contributed by atoms with Gasteiger partial charge in [0.2, 0.25) is 0 Å². The van der Waals surface area contributed by atoms with Crippen LogP contribution in [0.4, 0.5) is 0 Å². The Balaban J connectivity index is 4.01. The second-order valence-corrected chi connectivity index (χ2v) is 3.70. The summed E-state index contributed by atoms with van der Waals surface area (Å²) in [6, 6.07) is 0.282. The SMILES string of the molecule is C=C/C=C(\C=C)CC(C)CC(C)N. The van der Waals surface area contributed by atoms with Crippen LogP contribution in [0.2, 0.25) is 0 Å². The molecule has 74 valence electrons. The average molecular weight is 179 g/mol. The molecule has 0 spiro atoms. The van der Waals surface area contributed by atoms with E-state index in [1.807, 2.05) is 19.1 Å². The smallest absolute Gasteiger partial charge is 0.00131 e. The topological polar surface area (TPSA) is 26.0 Å². The molecule has 1 nitrogen and oxygen atoms in total. The molecule has 0 saturated heterocycles. The fraction of sp³-hybridized carbons (Fsp3) is 0.500. The molecule has 0 amide bonds. The van der Waals surface area contributed by atoms with Crippen molar-refractivity contribution in [3.8, 4) is 0 Å². The standard InChI is InChI=1S/C12H21N/c1-5-7-12(6-2)9-10(3)8-11(4)13/h5-7,10-11H,1-2,8-9,13H2,3-4H3/b12-7+. The summed E-state index contributed by atoms with van der Waals surface area (Å²) < 4.78 is 0. The molecule has 2 unspecified atom stereocenters. The van der Waals surface area contributed by atoms with E-state index in [1.54, 1.807) is 6.08 Å². The Morgan fingerprint density at radius 3 is 2.38 bits per heavy atom. The van der Waals surface area contributed by atoms with E-state index in [2.05, 4.69) is 20.1 Å². The highest BCUT2D eigenvalue weighted by Gasteiger charge is 2.05. The van der Waals surface area contributed by atoms with Gasteiger partial charge in [-0.3, -0.25) is 0 Å². The van der Waals surface area contributed by atoms with Gasteiger partial charge >= 0.3 is 0 Å². The molecule has 13 heavy (non-hydrogen) atoms. The number of allylic oxidation sites excluding steroid dienone is 4. The molecule has 1 heteroatoms. The van der Waals surface area contributed by atoms with E-state index < -0.39 is 0 Å². The van der Waals surface area contributed by atoms with Gasteiger partial charge in [-0.15, -0.1) is 0 Å². The van der Waals surface area contributed by atoms with Crippen molar-refractivity contribution in [1.29, 1.82) is 0 Å². The Hall–Kier alpha value is -0.820. The molecule has 2 N–H and O–H groups in total. The third kappa shape index (κ3) is 6.35. The van der Waals surface area contributed by atoms with Crippen LogP contribution in [-0.4, -0.2) is 6.04 Å².